The number of morpholine rings is 1. The van der Waals surface area contributed by atoms with Gasteiger partial charge < -0.3 is 19.7 Å². The first kappa shape index (κ1) is 25.7. The van der Waals surface area contributed by atoms with Crippen molar-refractivity contribution in [2.45, 2.75) is 25.7 Å². The number of ketones is 1. The molecule has 1 N–H and O–H groups in total. The van der Waals surface area contributed by atoms with E-state index in [1.165, 1.54) is 17.3 Å². The minimum Gasteiger partial charge on any atom is -0.484 e. The molecular formula is C24H31N3O6S. The summed E-state index contributed by atoms with van der Waals surface area (Å²) in [6.07, 6.45) is 0. The number of anilines is 2. The molecule has 0 atom stereocenters. The number of hydrogen-bond acceptors (Lipinski definition) is 7. The largest absolute Gasteiger partial charge is 0.484 e. The first-order valence-corrected chi connectivity index (χ1v) is 12.7. The molecule has 1 amide bonds. The molecule has 3 rings (SSSR count). The zero-order valence-corrected chi connectivity index (χ0v) is 20.6. The molecule has 34 heavy (non-hydrogen) atoms. The number of ether oxygens (including phenoxy) is 2. The molecule has 0 spiro atoms. The van der Waals surface area contributed by atoms with Crippen LogP contribution in [0, 0.1) is 0 Å². The van der Waals surface area contributed by atoms with Crippen LogP contribution in [0.3, 0.4) is 0 Å². The molecule has 1 saturated heterocycles. The van der Waals surface area contributed by atoms with Crippen LogP contribution in [0.15, 0.2) is 47.4 Å². The Morgan fingerprint density at radius 1 is 1.09 bits per heavy atom. The summed E-state index contributed by atoms with van der Waals surface area (Å²) in [6, 6.07) is 11.4. The van der Waals surface area contributed by atoms with Crippen molar-refractivity contribution in [1.29, 1.82) is 0 Å². The predicted octanol–water partition coefficient (Wildman–Crippen LogP) is 2.77. The second-order valence-corrected chi connectivity index (χ2v) is 9.73. The third kappa shape index (κ3) is 6.13. The van der Waals surface area contributed by atoms with E-state index in [9.17, 15) is 18.0 Å². The molecule has 1 heterocycles. The second kappa shape index (κ2) is 11.5. The molecule has 0 radical (unpaired) electrons. The Balaban J connectivity index is 1.82. The number of hydrogen-bond donors (Lipinski definition) is 1. The van der Waals surface area contributed by atoms with Gasteiger partial charge in [-0.05, 0) is 51.1 Å². The lowest BCUT2D eigenvalue weighted by molar-refractivity contribution is -0.118. The van der Waals surface area contributed by atoms with E-state index in [4.69, 9.17) is 9.47 Å². The Bertz CT molecular complexity index is 1130. The minimum atomic E-state index is -3.72. The van der Waals surface area contributed by atoms with Gasteiger partial charge in [0.2, 0.25) is 10.0 Å². The van der Waals surface area contributed by atoms with Crippen LogP contribution in [0.2, 0.25) is 0 Å². The summed E-state index contributed by atoms with van der Waals surface area (Å²) in [4.78, 5) is 26.4. The summed E-state index contributed by atoms with van der Waals surface area (Å²) >= 11 is 0. The average Bonchev–Trinajstić information content (AvgIpc) is 2.85. The van der Waals surface area contributed by atoms with Crippen molar-refractivity contribution in [3.05, 3.63) is 48.0 Å². The smallest absolute Gasteiger partial charge is 0.262 e. The van der Waals surface area contributed by atoms with Crippen LogP contribution in [0.4, 0.5) is 11.4 Å². The summed E-state index contributed by atoms with van der Waals surface area (Å²) < 4.78 is 38.5. The van der Waals surface area contributed by atoms with Crippen LogP contribution >= 0.6 is 0 Å². The molecule has 0 unspecified atom stereocenters. The van der Waals surface area contributed by atoms with E-state index in [1.54, 1.807) is 36.4 Å². The maximum Gasteiger partial charge on any atom is 0.262 e. The standard InChI is InChI=1S/C24H31N3O6S/c1-4-26(5-2)23-10-9-21(34(30,31)27-11-13-32-14-12-27)16-22(23)25-24(29)17-33-20-8-6-7-19(15-20)18(3)28/h6-10,15-16H,4-5,11-14,17H2,1-3H3,(H,25,29). The fourth-order valence-corrected chi connectivity index (χ4v) is 5.13. The summed E-state index contributed by atoms with van der Waals surface area (Å²) in [5.74, 6) is -0.143. The quantitative estimate of drug-likeness (QED) is 0.512. The van der Waals surface area contributed by atoms with Gasteiger partial charge in [0.1, 0.15) is 5.75 Å². The van der Waals surface area contributed by atoms with E-state index in [0.29, 0.717) is 43.3 Å². The van der Waals surface area contributed by atoms with Crippen LogP contribution in [-0.4, -0.2) is 70.4 Å². The normalized spacial score (nSPS) is 14.4. The summed E-state index contributed by atoms with van der Waals surface area (Å²) in [5.41, 5.74) is 1.60. The molecule has 2 aromatic rings. The topological polar surface area (TPSA) is 105 Å². The highest BCUT2D eigenvalue weighted by Crippen LogP contribution is 2.30. The van der Waals surface area contributed by atoms with Crippen LogP contribution in [0.1, 0.15) is 31.1 Å². The van der Waals surface area contributed by atoms with Gasteiger partial charge in [0, 0.05) is 31.7 Å². The van der Waals surface area contributed by atoms with Crippen molar-refractivity contribution < 1.29 is 27.5 Å². The second-order valence-electron chi connectivity index (χ2n) is 7.79. The number of carbonyl (C=O) groups excluding carboxylic acids is 2. The van der Waals surface area contributed by atoms with Crippen molar-refractivity contribution in [1.82, 2.24) is 4.31 Å². The molecule has 0 aromatic heterocycles. The van der Waals surface area contributed by atoms with E-state index in [2.05, 4.69) is 5.32 Å². The maximum atomic E-state index is 13.1. The molecule has 1 aliphatic rings. The SMILES string of the molecule is CCN(CC)c1ccc(S(=O)(=O)N2CCOCC2)cc1NC(=O)COc1cccc(C(C)=O)c1. The molecule has 184 valence electrons. The lowest BCUT2D eigenvalue weighted by atomic mass is 10.1. The number of carbonyl (C=O) groups is 2. The van der Waals surface area contributed by atoms with Gasteiger partial charge >= 0.3 is 0 Å². The van der Waals surface area contributed by atoms with Crippen molar-refractivity contribution in [3.63, 3.8) is 0 Å². The zero-order chi connectivity index (χ0) is 24.7. The number of Topliss-reactive ketones (excluding diaryl/α,β-unsaturated/α-hetero) is 1. The average molecular weight is 490 g/mol. The molecule has 0 aliphatic carbocycles. The van der Waals surface area contributed by atoms with E-state index in [1.807, 2.05) is 18.7 Å². The summed E-state index contributed by atoms with van der Waals surface area (Å²) in [5, 5.41) is 2.80. The number of amides is 1. The van der Waals surface area contributed by atoms with Gasteiger partial charge in [0.05, 0.1) is 29.5 Å². The first-order chi connectivity index (χ1) is 16.3. The molecule has 0 bridgehead atoms. The molecule has 0 saturated carbocycles. The van der Waals surface area contributed by atoms with Crippen LogP contribution in [-0.2, 0) is 19.6 Å². The van der Waals surface area contributed by atoms with E-state index in [-0.39, 0.29) is 30.4 Å². The fraction of sp³-hybridized carbons (Fsp3) is 0.417. The van der Waals surface area contributed by atoms with Crippen molar-refractivity contribution in [2.75, 3.05) is 56.2 Å². The highest BCUT2D eigenvalue weighted by molar-refractivity contribution is 7.89. The minimum absolute atomic E-state index is 0.0999. The summed E-state index contributed by atoms with van der Waals surface area (Å²) in [6.45, 7) is 7.77. The Kier molecular flexibility index (Phi) is 8.65. The van der Waals surface area contributed by atoms with E-state index < -0.39 is 15.9 Å². The van der Waals surface area contributed by atoms with Gasteiger partial charge in [0.15, 0.2) is 12.4 Å². The molecule has 1 aliphatic heterocycles. The molecule has 1 fully saturated rings. The van der Waals surface area contributed by atoms with Gasteiger partial charge in [0.25, 0.3) is 5.91 Å². The van der Waals surface area contributed by atoms with E-state index >= 15 is 0 Å². The third-order valence-electron chi connectivity index (χ3n) is 5.56. The number of nitrogens with zero attached hydrogens (tertiary/aromatic N) is 2. The number of rotatable bonds is 10. The van der Waals surface area contributed by atoms with Crippen molar-refractivity contribution in [2.24, 2.45) is 0 Å². The third-order valence-corrected chi connectivity index (χ3v) is 7.46. The Hall–Kier alpha value is -2.95. The van der Waals surface area contributed by atoms with Crippen LogP contribution in [0.25, 0.3) is 0 Å². The first-order valence-electron chi connectivity index (χ1n) is 11.3. The fourth-order valence-electron chi connectivity index (χ4n) is 3.69. The van der Waals surface area contributed by atoms with Gasteiger partial charge in [-0.15, -0.1) is 0 Å². The predicted molar refractivity (Wildman–Crippen MR) is 130 cm³/mol. The van der Waals surface area contributed by atoms with Crippen molar-refractivity contribution >= 4 is 33.1 Å². The summed E-state index contributed by atoms with van der Waals surface area (Å²) in [7, 11) is -3.72. The lowest BCUT2D eigenvalue weighted by Gasteiger charge is -2.28. The molecule has 2 aromatic carbocycles. The lowest BCUT2D eigenvalue weighted by Crippen LogP contribution is -2.40. The van der Waals surface area contributed by atoms with Gasteiger partial charge in [-0.25, -0.2) is 8.42 Å². The number of benzene rings is 2. The van der Waals surface area contributed by atoms with Crippen LogP contribution in [0.5, 0.6) is 5.75 Å². The monoisotopic (exact) mass is 489 g/mol. The van der Waals surface area contributed by atoms with Crippen LogP contribution < -0.4 is 15.0 Å². The highest BCUT2D eigenvalue weighted by atomic mass is 32.2. The van der Waals surface area contributed by atoms with Gasteiger partial charge in [-0.3, -0.25) is 9.59 Å². The number of sulfonamides is 1. The Morgan fingerprint density at radius 3 is 2.44 bits per heavy atom. The Labute approximate surface area is 200 Å². The van der Waals surface area contributed by atoms with E-state index in [0.717, 1.165) is 5.69 Å². The molecule has 9 nitrogen and oxygen atoms in total. The molecule has 10 heteroatoms. The van der Waals surface area contributed by atoms with Gasteiger partial charge in [-0.2, -0.15) is 4.31 Å². The zero-order valence-electron chi connectivity index (χ0n) is 19.7. The maximum absolute atomic E-state index is 13.1. The van der Waals surface area contributed by atoms with Gasteiger partial charge in [-0.1, -0.05) is 12.1 Å². The Morgan fingerprint density at radius 2 is 1.79 bits per heavy atom. The number of nitrogens with one attached hydrogen (secondary N) is 1. The highest BCUT2D eigenvalue weighted by Gasteiger charge is 2.27. The van der Waals surface area contributed by atoms with Crippen molar-refractivity contribution in [3.8, 4) is 5.75 Å². The molecular weight excluding hydrogens is 458 g/mol.